The molecule has 0 fully saturated rings. The summed E-state index contributed by atoms with van der Waals surface area (Å²) in [5.74, 6) is 0.696. The minimum absolute atomic E-state index is 0.696. The fourth-order valence-electron chi connectivity index (χ4n) is 3.91. The molecule has 0 spiro atoms. The third kappa shape index (κ3) is 4.17. The Morgan fingerprint density at radius 1 is 0.958 bits per heavy atom. The van der Waals surface area contributed by atoms with Crippen molar-refractivity contribution in [2.45, 2.75) is 64.7 Å². The zero-order valence-corrected chi connectivity index (χ0v) is 15.2. The fraction of sp³-hybridized carbons (Fsp3) is 0.417. The van der Waals surface area contributed by atoms with Crippen LogP contribution in [-0.4, -0.2) is 0 Å². The molecular weight excluding hydrogens is 288 g/mol. The van der Waals surface area contributed by atoms with Crippen molar-refractivity contribution < 1.29 is 0 Å². The predicted octanol–water partition coefficient (Wildman–Crippen LogP) is 6.42. The number of hydrogen-bond donors (Lipinski definition) is 0. The third-order valence-corrected chi connectivity index (χ3v) is 5.32. The number of aryl methyl sites for hydroxylation is 3. The van der Waals surface area contributed by atoms with Crippen LogP contribution >= 0.6 is 0 Å². The van der Waals surface area contributed by atoms with E-state index in [1.807, 2.05) is 0 Å². The van der Waals surface area contributed by atoms with Crippen LogP contribution in [0.15, 0.2) is 54.6 Å². The van der Waals surface area contributed by atoms with Gasteiger partial charge in [-0.15, -0.1) is 0 Å². The van der Waals surface area contributed by atoms with Gasteiger partial charge in [-0.25, -0.2) is 0 Å². The van der Waals surface area contributed by atoms with E-state index in [0.29, 0.717) is 5.92 Å². The van der Waals surface area contributed by atoms with Gasteiger partial charge in [-0.3, -0.25) is 0 Å². The van der Waals surface area contributed by atoms with Crippen LogP contribution in [0.5, 0.6) is 0 Å². The molecule has 0 aliphatic heterocycles. The Labute approximate surface area is 147 Å². The first-order chi connectivity index (χ1) is 11.8. The molecule has 3 rings (SSSR count). The van der Waals surface area contributed by atoms with Crippen molar-refractivity contribution in [2.75, 3.05) is 0 Å². The van der Waals surface area contributed by atoms with E-state index in [9.17, 15) is 0 Å². The van der Waals surface area contributed by atoms with Gasteiger partial charge < -0.3 is 0 Å². The Bertz CT molecular complexity index is 676. The van der Waals surface area contributed by atoms with Crippen molar-refractivity contribution in [1.29, 1.82) is 0 Å². The minimum Gasteiger partial charge on any atom is -0.0917 e. The molecule has 0 nitrogen and oxygen atoms in total. The summed E-state index contributed by atoms with van der Waals surface area (Å²) in [6.45, 7) is 4.35. The van der Waals surface area contributed by atoms with E-state index in [2.05, 4.69) is 68.5 Å². The molecule has 0 radical (unpaired) electrons. The van der Waals surface area contributed by atoms with Crippen molar-refractivity contribution >= 4 is 0 Å². The van der Waals surface area contributed by atoms with Crippen LogP contribution in [0, 0.1) is 0 Å². The van der Waals surface area contributed by atoms with Gasteiger partial charge in [0.05, 0.1) is 0 Å². The predicted molar refractivity (Wildman–Crippen MR) is 105 cm³/mol. The van der Waals surface area contributed by atoms with Gasteiger partial charge in [0.1, 0.15) is 0 Å². The second-order valence-corrected chi connectivity index (χ2v) is 7.14. The summed E-state index contributed by atoms with van der Waals surface area (Å²) in [5.41, 5.74) is 7.65. The Kier molecular flexibility index (Phi) is 5.91. The molecule has 0 bridgehead atoms. The van der Waals surface area contributed by atoms with Crippen molar-refractivity contribution in [3.8, 4) is 0 Å². The molecule has 126 valence electrons. The van der Waals surface area contributed by atoms with Gasteiger partial charge in [0, 0.05) is 0 Å². The van der Waals surface area contributed by atoms with E-state index >= 15 is 0 Å². The van der Waals surface area contributed by atoms with Crippen LogP contribution in [-0.2, 0) is 25.7 Å². The first kappa shape index (κ1) is 17.0. The van der Waals surface area contributed by atoms with E-state index in [1.165, 1.54) is 55.2 Å². The first-order valence-corrected chi connectivity index (χ1v) is 9.60. The van der Waals surface area contributed by atoms with E-state index in [-0.39, 0.29) is 0 Å². The van der Waals surface area contributed by atoms with Gasteiger partial charge in [-0.05, 0) is 79.2 Å². The normalized spacial score (nSPS) is 17.2. The summed E-state index contributed by atoms with van der Waals surface area (Å²) in [6.07, 6.45) is 12.9. The molecule has 1 atom stereocenters. The number of benzene rings is 2. The van der Waals surface area contributed by atoms with Gasteiger partial charge in [-0.1, -0.05) is 68.0 Å². The van der Waals surface area contributed by atoms with Crippen molar-refractivity contribution in [3.63, 3.8) is 0 Å². The monoisotopic (exact) mass is 318 g/mol. The van der Waals surface area contributed by atoms with Gasteiger partial charge in [0.25, 0.3) is 0 Å². The molecule has 0 saturated carbocycles. The highest BCUT2D eigenvalue weighted by Gasteiger charge is 2.20. The Morgan fingerprint density at radius 2 is 1.75 bits per heavy atom. The maximum absolute atomic E-state index is 2.46. The lowest BCUT2D eigenvalue weighted by atomic mass is 9.79. The van der Waals surface area contributed by atoms with Crippen molar-refractivity contribution in [2.24, 2.45) is 0 Å². The number of rotatable bonds is 6. The standard InChI is InChI=1S/C24H30/c1-3-5-6-8-20-11-14-24-18-23(16-15-22(24)17-20)21-12-9-19(7-4-2)10-13-21/h3,5,9-14,17,23H,4,6-8,15-16,18H2,1-2H3/b5-3+. The Hall–Kier alpha value is -1.82. The average Bonchev–Trinajstić information content (AvgIpc) is 2.62. The first-order valence-electron chi connectivity index (χ1n) is 9.60. The molecule has 1 aliphatic rings. The van der Waals surface area contributed by atoms with E-state index in [4.69, 9.17) is 0 Å². The summed E-state index contributed by atoms with van der Waals surface area (Å²) in [7, 11) is 0. The second kappa shape index (κ2) is 8.33. The number of hydrogen-bond acceptors (Lipinski definition) is 0. The Balaban J connectivity index is 1.67. The molecule has 24 heavy (non-hydrogen) atoms. The highest BCUT2D eigenvalue weighted by molar-refractivity contribution is 5.37. The smallest absolute Gasteiger partial charge is 0.0118 e. The highest BCUT2D eigenvalue weighted by Crippen LogP contribution is 2.33. The molecule has 0 amide bonds. The van der Waals surface area contributed by atoms with Crippen LogP contribution in [0.2, 0.25) is 0 Å². The maximum atomic E-state index is 2.46. The third-order valence-electron chi connectivity index (χ3n) is 5.32. The molecule has 2 aromatic rings. The fourth-order valence-corrected chi connectivity index (χ4v) is 3.91. The summed E-state index contributed by atoms with van der Waals surface area (Å²) < 4.78 is 0. The highest BCUT2D eigenvalue weighted by atomic mass is 14.2. The van der Waals surface area contributed by atoms with Crippen molar-refractivity contribution in [3.05, 3.63) is 82.4 Å². The van der Waals surface area contributed by atoms with Gasteiger partial charge in [0.15, 0.2) is 0 Å². The quantitative estimate of drug-likeness (QED) is 0.539. The molecule has 0 saturated heterocycles. The molecule has 0 aromatic heterocycles. The largest absolute Gasteiger partial charge is 0.0917 e. The molecule has 1 unspecified atom stereocenters. The van der Waals surface area contributed by atoms with Crippen LogP contribution < -0.4 is 0 Å². The van der Waals surface area contributed by atoms with Crippen LogP contribution in [0.4, 0.5) is 0 Å². The molecule has 2 aromatic carbocycles. The SMILES string of the molecule is C/C=C/CCc1ccc2c(c1)CCC(c1ccc(CCC)cc1)C2. The molecular formula is C24H30. The summed E-state index contributed by atoms with van der Waals surface area (Å²) in [4.78, 5) is 0. The molecule has 1 aliphatic carbocycles. The van der Waals surface area contributed by atoms with Crippen LogP contribution in [0.3, 0.4) is 0 Å². The lowest BCUT2D eigenvalue weighted by Crippen LogP contribution is -2.13. The Morgan fingerprint density at radius 3 is 2.50 bits per heavy atom. The summed E-state index contributed by atoms with van der Waals surface area (Å²) in [5, 5.41) is 0. The van der Waals surface area contributed by atoms with E-state index < -0.39 is 0 Å². The second-order valence-electron chi connectivity index (χ2n) is 7.14. The van der Waals surface area contributed by atoms with Gasteiger partial charge >= 0.3 is 0 Å². The van der Waals surface area contributed by atoms with Crippen LogP contribution in [0.1, 0.15) is 66.8 Å². The number of allylic oxidation sites excluding steroid dienone is 2. The summed E-state index contributed by atoms with van der Waals surface area (Å²) in [6, 6.07) is 16.6. The van der Waals surface area contributed by atoms with Crippen LogP contribution in [0.25, 0.3) is 0 Å². The average molecular weight is 319 g/mol. The molecule has 0 N–H and O–H groups in total. The lowest BCUT2D eigenvalue weighted by Gasteiger charge is -2.25. The summed E-state index contributed by atoms with van der Waals surface area (Å²) >= 11 is 0. The van der Waals surface area contributed by atoms with Gasteiger partial charge in [0.2, 0.25) is 0 Å². The maximum Gasteiger partial charge on any atom is -0.0118 e. The van der Waals surface area contributed by atoms with E-state index in [1.54, 1.807) is 11.1 Å². The van der Waals surface area contributed by atoms with Crippen molar-refractivity contribution in [1.82, 2.24) is 0 Å². The minimum atomic E-state index is 0.696. The van der Waals surface area contributed by atoms with E-state index in [0.717, 1.165) is 6.42 Å². The van der Waals surface area contributed by atoms with Gasteiger partial charge in [-0.2, -0.15) is 0 Å². The topological polar surface area (TPSA) is 0 Å². The zero-order chi connectivity index (χ0) is 16.8. The number of fused-ring (bicyclic) bond motifs is 1. The molecule has 0 heterocycles. The lowest BCUT2D eigenvalue weighted by molar-refractivity contribution is 0.584. The zero-order valence-electron chi connectivity index (χ0n) is 15.2. The molecule has 0 heteroatoms.